The second-order valence-corrected chi connectivity index (χ2v) is 3.42. The van der Waals surface area contributed by atoms with Crippen LogP contribution in [-0.2, 0) is 9.53 Å². The minimum absolute atomic E-state index is 0.164. The van der Waals surface area contributed by atoms with Gasteiger partial charge in [0.1, 0.15) is 24.3 Å². The zero-order chi connectivity index (χ0) is 10.7. The lowest BCUT2D eigenvalue weighted by Gasteiger charge is -2.10. The zero-order valence-corrected chi connectivity index (χ0v) is 8.11. The lowest BCUT2D eigenvalue weighted by atomic mass is 10.2. The van der Waals surface area contributed by atoms with Crippen molar-refractivity contribution in [2.75, 3.05) is 6.61 Å². The van der Waals surface area contributed by atoms with E-state index in [4.69, 9.17) is 9.47 Å². The van der Waals surface area contributed by atoms with Crippen LogP contribution in [0.3, 0.4) is 0 Å². The van der Waals surface area contributed by atoms with Gasteiger partial charge in [0.2, 0.25) is 0 Å². The highest BCUT2D eigenvalue weighted by Crippen LogP contribution is 2.16. The first-order chi connectivity index (χ1) is 7.24. The number of carbonyl (C=O) groups excluding carboxylic acids is 1. The van der Waals surface area contributed by atoms with Crippen LogP contribution in [0.5, 0.6) is 5.75 Å². The van der Waals surface area contributed by atoms with Crippen molar-refractivity contribution >= 4 is 5.97 Å². The molecule has 0 saturated carbocycles. The Kier molecular flexibility index (Phi) is 2.85. The summed E-state index contributed by atoms with van der Waals surface area (Å²) in [5.74, 6) is 0.108. The highest BCUT2D eigenvalue weighted by atomic mass is 19.1. The zero-order valence-electron chi connectivity index (χ0n) is 8.11. The van der Waals surface area contributed by atoms with Gasteiger partial charge in [-0.15, -0.1) is 0 Å². The fraction of sp³-hybridized carbons (Fsp3) is 0.364. The largest absolute Gasteiger partial charge is 0.490 e. The number of hydrogen-bond acceptors (Lipinski definition) is 3. The number of hydrogen-bond donors (Lipinski definition) is 0. The van der Waals surface area contributed by atoms with E-state index in [9.17, 15) is 9.18 Å². The van der Waals surface area contributed by atoms with E-state index in [2.05, 4.69) is 0 Å². The summed E-state index contributed by atoms with van der Waals surface area (Å²) in [7, 11) is 0. The molecule has 1 aliphatic rings. The highest BCUT2D eigenvalue weighted by molar-refractivity contribution is 5.71. The Labute approximate surface area is 86.8 Å². The quantitative estimate of drug-likeness (QED) is 0.715. The van der Waals surface area contributed by atoms with Gasteiger partial charge in [-0.2, -0.15) is 0 Å². The van der Waals surface area contributed by atoms with Crippen LogP contribution in [0.25, 0.3) is 0 Å². The molecule has 0 N–H and O–H groups in total. The molecule has 1 atom stereocenters. The summed E-state index contributed by atoms with van der Waals surface area (Å²) in [6.45, 7) is 0.331. The van der Waals surface area contributed by atoms with Gasteiger partial charge < -0.3 is 9.47 Å². The van der Waals surface area contributed by atoms with Crippen LogP contribution in [0.1, 0.15) is 12.8 Å². The minimum atomic E-state index is -0.297. The lowest BCUT2D eigenvalue weighted by molar-refractivity contribution is -0.142. The fourth-order valence-electron chi connectivity index (χ4n) is 1.42. The number of rotatable bonds is 3. The predicted octanol–water partition coefficient (Wildman–Crippen LogP) is 1.91. The van der Waals surface area contributed by atoms with Gasteiger partial charge in [0, 0.05) is 6.42 Å². The molecule has 80 valence electrons. The molecule has 1 saturated heterocycles. The number of esters is 1. The van der Waals surface area contributed by atoms with Gasteiger partial charge in [-0.05, 0) is 30.7 Å². The molecule has 0 amide bonds. The van der Waals surface area contributed by atoms with Crippen molar-refractivity contribution in [1.82, 2.24) is 0 Å². The molecule has 0 aromatic heterocycles. The van der Waals surface area contributed by atoms with Gasteiger partial charge in [-0.3, -0.25) is 4.79 Å². The molecule has 0 unspecified atom stereocenters. The first-order valence-corrected chi connectivity index (χ1v) is 4.82. The van der Waals surface area contributed by atoms with Crippen molar-refractivity contribution in [1.29, 1.82) is 0 Å². The lowest BCUT2D eigenvalue weighted by Crippen LogP contribution is -2.17. The SMILES string of the molecule is O=C1CC[C@@H](COc2ccc(F)cc2)O1. The maximum absolute atomic E-state index is 12.6. The molecule has 1 heterocycles. The summed E-state index contributed by atoms with van der Waals surface area (Å²) in [5, 5.41) is 0. The van der Waals surface area contributed by atoms with Crippen molar-refractivity contribution in [2.24, 2.45) is 0 Å². The molecule has 0 spiro atoms. The van der Waals surface area contributed by atoms with Gasteiger partial charge >= 0.3 is 5.97 Å². The van der Waals surface area contributed by atoms with Crippen LogP contribution in [0.2, 0.25) is 0 Å². The molecule has 3 nitrogen and oxygen atoms in total. The third-order valence-corrected chi connectivity index (χ3v) is 2.22. The average Bonchev–Trinajstić information content (AvgIpc) is 2.64. The number of halogens is 1. The van der Waals surface area contributed by atoms with Crippen LogP contribution < -0.4 is 4.74 Å². The van der Waals surface area contributed by atoms with Gasteiger partial charge in [-0.1, -0.05) is 0 Å². The molecule has 0 bridgehead atoms. The van der Waals surface area contributed by atoms with Crippen LogP contribution in [0.4, 0.5) is 4.39 Å². The molecule has 0 radical (unpaired) electrons. The third kappa shape index (κ3) is 2.68. The number of ether oxygens (including phenoxy) is 2. The fourth-order valence-corrected chi connectivity index (χ4v) is 1.42. The van der Waals surface area contributed by atoms with E-state index < -0.39 is 0 Å². The molecule has 1 aromatic carbocycles. The van der Waals surface area contributed by atoms with E-state index in [-0.39, 0.29) is 17.9 Å². The molecular weight excluding hydrogens is 199 g/mol. The Morgan fingerprint density at radius 3 is 2.73 bits per heavy atom. The number of cyclic esters (lactones) is 1. The van der Waals surface area contributed by atoms with Gasteiger partial charge in [0.05, 0.1) is 0 Å². The Morgan fingerprint density at radius 1 is 1.40 bits per heavy atom. The summed E-state index contributed by atoms with van der Waals surface area (Å²) in [6.07, 6.45) is 0.986. The summed E-state index contributed by atoms with van der Waals surface area (Å²) >= 11 is 0. The molecule has 0 aliphatic carbocycles. The number of benzene rings is 1. The standard InChI is InChI=1S/C11H11FO3/c12-8-1-3-9(4-2-8)14-7-10-5-6-11(13)15-10/h1-4,10H,5-7H2/t10-/m0/s1. The van der Waals surface area contributed by atoms with E-state index in [0.717, 1.165) is 0 Å². The maximum atomic E-state index is 12.6. The first-order valence-electron chi connectivity index (χ1n) is 4.82. The van der Waals surface area contributed by atoms with E-state index in [1.54, 1.807) is 12.1 Å². The summed E-state index contributed by atoms with van der Waals surface area (Å²) in [5.41, 5.74) is 0. The van der Waals surface area contributed by atoms with Gasteiger partial charge in [0.25, 0.3) is 0 Å². The minimum Gasteiger partial charge on any atom is -0.490 e. The second kappa shape index (κ2) is 4.29. The summed E-state index contributed by atoms with van der Waals surface area (Å²) < 4.78 is 22.9. The Balaban J connectivity index is 1.83. The van der Waals surface area contributed by atoms with Crippen molar-refractivity contribution in [2.45, 2.75) is 18.9 Å². The Bertz CT molecular complexity index is 347. The van der Waals surface area contributed by atoms with Gasteiger partial charge in [0.15, 0.2) is 0 Å². The smallest absolute Gasteiger partial charge is 0.306 e. The molecular formula is C11H11FO3. The Morgan fingerprint density at radius 2 is 2.13 bits per heavy atom. The van der Waals surface area contributed by atoms with E-state index in [1.165, 1.54) is 12.1 Å². The predicted molar refractivity (Wildman–Crippen MR) is 51.0 cm³/mol. The third-order valence-electron chi connectivity index (χ3n) is 2.22. The molecule has 15 heavy (non-hydrogen) atoms. The summed E-state index contributed by atoms with van der Waals surface area (Å²) in [6, 6.07) is 5.75. The highest BCUT2D eigenvalue weighted by Gasteiger charge is 2.23. The van der Waals surface area contributed by atoms with E-state index in [1.807, 2.05) is 0 Å². The first kappa shape index (κ1) is 9.96. The maximum Gasteiger partial charge on any atom is 0.306 e. The Hall–Kier alpha value is -1.58. The van der Waals surface area contributed by atoms with Crippen LogP contribution in [0, 0.1) is 5.82 Å². The molecule has 4 heteroatoms. The van der Waals surface area contributed by atoms with Crippen molar-refractivity contribution in [3.63, 3.8) is 0 Å². The van der Waals surface area contributed by atoms with E-state index >= 15 is 0 Å². The average molecular weight is 210 g/mol. The molecule has 1 fully saturated rings. The molecule has 1 aliphatic heterocycles. The monoisotopic (exact) mass is 210 g/mol. The van der Waals surface area contributed by atoms with Crippen LogP contribution >= 0.6 is 0 Å². The van der Waals surface area contributed by atoms with E-state index in [0.29, 0.717) is 25.2 Å². The van der Waals surface area contributed by atoms with Crippen LogP contribution in [0.15, 0.2) is 24.3 Å². The number of carbonyl (C=O) groups is 1. The normalized spacial score (nSPS) is 20.1. The molecule has 1 aromatic rings. The van der Waals surface area contributed by atoms with Crippen molar-refractivity contribution in [3.8, 4) is 5.75 Å². The van der Waals surface area contributed by atoms with Crippen molar-refractivity contribution < 1.29 is 18.7 Å². The second-order valence-electron chi connectivity index (χ2n) is 3.42. The topological polar surface area (TPSA) is 35.5 Å². The van der Waals surface area contributed by atoms with Crippen molar-refractivity contribution in [3.05, 3.63) is 30.1 Å². The summed E-state index contributed by atoms with van der Waals surface area (Å²) in [4.78, 5) is 10.8. The van der Waals surface area contributed by atoms with Gasteiger partial charge in [-0.25, -0.2) is 4.39 Å². The molecule has 2 rings (SSSR count). The van der Waals surface area contributed by atoms with Crippen LogP contribution in [-0.4, -0.2) is 18.7 Å².